The van der Waals surface area contributed by atoms with Crippen LogP contribution in [0.25, 0.3) is 99.6 Å². The lowest BCUT2D eigenvalue weighted by Crippen LogP contribution is -1.96. The molecule has 0 atom stereocenters. The van der Waals surface area contributed by atoms with Crippen LogP contribution >= 0.6 is 0 Å². The van der Waals surface area contributed by atoms with Crippen LogP contribution in [0, 0.1) is 0 Å². The van der Waals surface area contributed by atoms with Crippen LogP contribution in [0.3, 0.4) is 0 Å². The summed E-state index contributed by atoms with van der Waals surface area (Å²) in [5.74, 6) is 0. The van der Waals surface area contributed by atoms with E-state index in [2.05, 4.69) is 209 Å². The van der Waals surface area contributed by atoms with E-state index in [1.807, 2.05) is 12.3 Å². The Balaban J connectivity index is 1.06. The van der Waals surface area contributed by atoms with Gasteiger partial charge in [-0.1, -0.05) is 133 Å². The Bertz CT molecular complexity index is 3150. The smallest absolute Gasteiger partial charge is 0.145 e. The number of fused-ring (bicyclic) bond motifs is 6. The summed E-state index contributed by atoms with van der Waals surface area (Å²) in [4.78, 5) is 4.90. The number of pyridine rings is 1. The van der Waals surface area contributed by atoms with Crippen LogP contribution in [0.5, 0.6) is 0 Å². The molecule has 262 valence electrons. The molecule has 0 bridgehead atoms. The molecule has 0 amide bonds. The van der Waals surface area contributed by atoms with E-state index in [0.717, 1.165) is 27.9 Å². The van der Waals surface area contributed by atoms with E-state index in [4.69, 9.17) is 4.98 Å². The van der Waals surface area contributed by atoms with Crippen molar-refractivity contribution in [1.29, 1.82) is 0 Å². The Hall–Kier alpha value is -7.49. The normalized spacial score (nSPS) is 11.6. The highest BCUT2D eigenvalue weighted by atomic mass is 15.0. The average molecular weight is 714 g/mol. The van der Waals surface area contributed by atoms with Crippen molar-refractivity contribution in [3.63, 3.8) is 0 Å². The summed E-state index contributed by atoms with van der Waals surface area (Å²) in [7, 11) is 0. The number of nitrogens with zero attached hydrogens (tertiary/aromatic N) is 3. The molecule has 8 aromatic carbocycles. The maximum atomic E-state index is 4.90. The van der Waals surface area contributed by atoms with Crippen molar-refractivity contribution in [1.82, 2.24) is 14.1 Å². The molecule has 0 aliphatic rings. The van der Waals surface area contributed by atoms with Crippen LogP contribution in [-0.4, -0.2) is 14.1 Å². The van der Waals surface area contributed by atoms with Crippen molar-refractivity contribution in [3.05, 3.63) is 212 Å². The topological polar surface area (TPSA) is 22.8 Å². The van der Waals surface area contributed by atoms with Crippen molar-refractivity contribution in [2.75, 3.05) is 0 Å². The molecule has 3 nitrogen and oxygen atoms in total. The lowest BCUT2D eigenvalue weighted by atomic mass is 9.98. The van der Waals surface area contributed by atoms with E-state index in [0.29, 0.717) is 0 Å². The van der Waals surface area contributed by atoms with E-state index >= 15 is 0 Å². The fourth-order valence-corrected chi connectivity index (χ4v) is 8.49. The van der Waals surface area contributed by atoms with Gasteiger partial charge in [0.2, 0.25) is 0 Å². The average Bonchev–Trinajstić information content (AvgIpc) is 3.79. The zero-order chi connectivity index (χ0) is 37.0. The minimum atomic E-state index is 0.957. The monoisotopic (exact) mass is 713 g/mol. The molecule has 0 unspecified atom stereocenters. The van der Waals surface area contributed by atoms with E-state index < -0.39 is 0 Å². The fraction of sp³-hybridized carbons (Fsp3) is 0. The maximum Gasteiger partial charge on any atom is 0.145 e. The third-order valence-electron chi connectivity index (χ3n) is 11.2. The highest BCUT2D eigenvalue weighted by Gasteiger charge is 2.18. The summed E-state index contributed by atoms with van der Waals surface area (Å²) in [6.07, 6.45) is 1.89. The summed E-state index contributed by atoms with van der Waals surface area (Å²) < 4.78 is 4.71. The van der Waals surface area contributed by atoms with Gasteiger partial charge in [-0.15, -0.1) is 0 Å². The second-order valence-electron chi connectivity index (χ2n) is 14.4. The van der Waals surface area contributed by atoms with Crippen LogP contribution in [0.2, 0.25) is 0 Å². The molecule has 0 fully saturated rings. The van der Waals surface area contributed by atoms with Gasteiger partial charge in [0, 0.05) is 39.1 Å². The third kappa shape index (κ3) is 5.32. The molecule has 0 aliphatic carbocycles. The molecule has 0 saturated heterocycles. The molecular weight excluding hydrogens is 679 g/mol. The van der Waals surface area contributed by atoms with Crippen molar-refractivity contribution < 1.29 is 0 Å². The largest absolute Gasteiger partial charge is 0.309 e. The number of aromatic nitrogens is 3. The number of hydrogen-bond donors (Lipinski definition) is 0. The first-order chi connectivity index (χ1) is 27.8. The first-order valence-corrected chi connectivity index (χ1v) is 19.1. The predicted octanol–water partition coefficient (Wildman–Crippen LogP) is 13.9. The van der Waals surface area contributed by atoms with Gasteiger partial charge in [-0.05, 0) is 117 Å². The van der Waals surface area contributed by atoms with Gasteiger partial charge in [0.1, 0.15) is 5.65 Å². The molecule has 3 aromatic heterocycles. The minimum Gasteiger partial charge on any atom is -0.309 e. The van der Waals surface area contributed by atoms with E-state index in [1.54, 1.807) is 0 Å². The Kier molecular flexibility index (Phi) is 7.49. The second kappa shape index (κ2) is 13.1. The summed E-state index contributed by atoms with van der Waals surface area (Å²) >= 11 is 0. The van der Waals surface area contributed by atoms with Gasteiger partial charge >= 0.3 is 0 Å². The van der Waals surface area contributed by atoms with Crippen LogP contribution in [0.1, 0.15) is 0 Å². The standard InChI is InChI=1S/C53H35N3/c1-4-13-36(14-5-1)39-22-26-44(27-23-39)56-52-29-25-41(35-49(52)47-20-12-30-54-53(47)56)40-24-28-51-48(34-40)46-19-10-11-21-50(46)55(51)45-32-42(37-15-6-2-7-16-37)31-43(33-45)38-17-8-3-9-18-38/h1-35H. The summed E-state index contributed by atoms with van der Waals surface area (Å²) in [6, 6.07) is 74.5. The Morgan fingerprint density at radius 2 is 0.732 bits per heavy atom. The minimum absolute atomic E-state index is 0.957. The Labute approximate surface area is 325 Å². The molecule has 56 heavy (non-hydrogen) atoms. The van der Waals surface area contributed by atoms with Crippen molar-refractivity contribution in [3.8, 4) is 55.9 Å². The number of hydrogen-bond acceptors (Lipinski definition) is 1. The first-order valence-electron chi connectivity index (χ1n) is 19.1. The molecule has 0 N–H and O–H groups in total. The fourth-order valence-electron chi connectivity index (χ4n) is 8.49. The molecule has 0 aliphatic heterocycles. The van der Waals surface area contributed by atoms with Crippen LogP contribution in [0.4, 0.5) is 0 Å². The highest BCUT2D eigenvalue weighted by molar-refractivity contribution is 6.12. The molecule has 11 aromatic rings. The number of benzene rings is 8. The van der Waals surface area contributed by atoms with E-state index in [-0.39, 0.29) is 0 Å². The first kappa shape index (κ1) is 32.0. The van der Waals surface area contributed by atoms with Crippen LogP contribution in [-0.2, 0) is 0 Å². The molecule has 11 rings (SSSR count). The molecule has 0 spiro atoms. The maximum absolute atomic E-state index is 4.90. The lowest BCUT2D eigenvalue weighted by molar-refractivity contribution is 1.14. The predicted molar refractivity (Wildman–Crippen MR) is 235 cm³/mol. The van der Waals surface area contributed by atoms with E-state index in [1.165, 1.54) is 71.7 Å². The second-order valence-corrected chi connectivity index (χ2v) is 14.4. The van der Waals surface area contributed by atoms with Crippen LogP contribution in [0.15, 0.2) is 212 Å². The molecule has 0 saturated carbocycles. The highest BCUT2D eigenvalue weighted by Crippen LogP contribution is 2.39. The number of rotatable bonds is 6. The van der Waals surface area contributed by atoms with Crippen LogP contribution < -0.4 is 0 Å². The molecule has 3 heterocycles. The van der Waals surface area contributed by atoms with Gasteiger partial charge in [0.05, 0.1) is 16.6 Å². The summed E-state index contributed by atoms with van der Waals surface area (Å²) in [5, 5.41) is 4.79. The Morgan fingerprint density at radius 3 is 1.36 bits per heavy atom. The molecule has 3 heteroatoms. The molecular formula is C53H35N3. The zero-order valence-electron chi connectivity index (χ0n) is 30.5. The zero-order valence-corrected chi connectivity index (χ0v) is 30.5. The van der Waals surface area contributed by atoms with Gasteiger partial charge in [-0.3, -0.25) is 4.57 Å². The van der Waals surface area contributed by atoms with Crippen molar-refractivity contribution in [2.45, 2.75) is 0 Å². The lowest BCUT2D eigenvalue weighted by Gasteiger charge is -2.14. The van der Waals surface area contributed by atoms with Crippen molar-refractivity contribution in [2.24, 2.45) is 0 Å². The number of para-hydroxylation sites is 1. The quantitative estimate of drug-likeness (QED) is 0.168. The Morgan fingerprint density at radius 1 is 0.268 bits per heavy atom. The van der Waals surface area contributed by atoms with E-state index in [9.17, 15) is 0 Å². The van der Waals surface area contributed by atoms with Gasteiger partial charge in [0.25, 0.3) is 0 Å². The molecule has 0 radical (unpaired) electrons. The van der Waals surface area contributed by atoms with Gasteiger partial charge < -0.3 is 4.57 Å². The third-order valence-corrected chi connectivity index (χ3v) is 11.2. The summed E-state index contributed by atoms with van der Waals surface area (Å²) in [5.41, 5.74) is 16.3. The van der Waals surface area contributed by atoms with Gasteiger partial charge in [0.15, 0.2) is 0 Å². The van der Waals surface area contributed by atoms with Gasteiger partial charge in [-0.2, -0.15) is 0 Å². The summed E-state index contributed by atoms with van der Waals surface area (Å²) in [6.45, 7) is 0. The SMILES string of the molecule is c1ccc(-c2ccc(-n3c4ccc(-c5ccc6c(c5)c5ccccc5n6-c5cc(-c6ccccc6)cc(-c6ccccc6)c5)cc4c4cccnc43)cc2)cc1. The van der Waals surface area contributed by atoms with Gasteiger partial charge in [-0.25, -0.2) is 4.98 Å². The van der Waals surface area contributed by atoms with Crippen molar-refractivity contribution >= 4 is 43.7 Å².